The van der Waals surface area contributed by atoms with Gasteiger partial charge in [-0.25, -0.2) is 0 Å². The number of anilines is 1. The Labute approximate surface area is 132 Å². The summed E-state index contributed by atoms with van der Waals surface area (Å²) in [4.78, 5) is 15.0. The molecule has 2 aromatic carbocycles. The monoisotopic (exact) mass is 310 g/mol. The van der Waals surface area contributed by atoms with Gasteiger partial charge >= 0.3 is 0 Å². The molecule has 1 N–H and O–H groups in total. The summed E-state index contributed by atoms with van der Waals surface area (Å²) in [5.74, 6) is 0.846. The molecule has 0 aliphatic rings. The van der Waals surface area contributed by atoms with Crippen LogP contribution in [0.2, 0.25) is 0 Å². The first-order valence-electron chi connectivity index (χ1n) is 7.04. The van der Waals surface area contributed by atoms with E-state index in [4.69, 9.17) is 4.52 Å². The Bertz CT molecular complexity index is 817. The van der Waals surface area contributed by atoms with E-state index in [0.29, 0.717) is 17.4 Å². The second-order valence-electron chi connectivity index (χ2n) is 4.96. The van der Waals surface area contributed by atoms with Crippen LogP contribution in [0.1, 0.15) is 18.8 Å². The number of hydrogen-bond acceptors (Lipinski definition) is 6. The van der Waals surface area contributed by atoms with Crippen molar-refractivity contribution in [3.05, 3.63) is 70.5 Å². The maximum Gasteiger partial charge on any atom is 0.292 e. The molecule has 23 heavy (non-hydrogen) atoms. The molecule has 0 radical (unpaired) electrons. The number of nitro groups is 1. The molecule has 7 heteroatoms. The Kier molecular flexibility index (Phi) is 4.01. The van der Waals surface area contributed by atoms with Crippen LogP contribution in [0.15, 0.2) is 59.1 Å². The molecule has 1 atom stereocenters. The van der Waals surface area contributed by atoms with E-state index in [2.05, 4.69) is 15.5 Å². The second kappa shape index (κ2) is 6.27. The first kappa shape index (κ1) is 14.7. The maximum atomic E-state index is 11.0. The van der Waals surface area contributed by atoms with Gasteiger partial charge in [0.05, 0.1) is 11.0 Å². The van der Waals surface area contributed by atoms with Crippen molar-refractivity contribution in [2.24, 2.45) is 0 Å². The highest BCUT2D eigenvalue weighted by Crippen LogP contribution is 2.27. The number of nitrogens with zero attached hydrogens (tertiary/aromatic N) is 3. The van der Waals surface area contributed by atoms with Crippen molar-refractivity contribution in [1.29, 1.82) is 0 Å². The number of aromatic nitrogens is 2. The lowest BCUT2D eigenvalue weighted by atomic mass is 10.2. The van der Waals surface area contributed by atoms with Crippen LogP contribution in [0.5, 0.6) is 0 Å². The molecular weight excluding hydrogens is 296 g/mol. The first-order chi connectivity index (χ1) is 11.1. The zero-order valence-corrected chi connectivity index (χ0v) is 12.3. The molecule has 0 fully saturated rings. The zero-order valence-electron chi connectivity index (χ0n) is 12.3. The van der Waals surface area contributed by atoms with Crippen LogP contribution in [-0.4, -0.2) is 15.1 Å². The normalized spacial score (nSPS) is 11.9. The van der Waals surface area contributed by atoms with E-state index in [1.165, 1.54) is 6.07 Å². The van der Waals surface area contributed by atoms with Gasteiger partial charge in [-0.15, -0.1) is 0 Å². The molecule has 7 nitrogen and oxygen atoms in total. The third-order valence-electron chi connectivity index (χ3n) is 3.32. The van der Waals surface area contributed by atoms with Crippen LogP contribution in [0, 0.1) is 10.1 Å². The quantitative estimate of drug-likeness (QED) is 0.568. The van der Waals surface area contributed by atoms with Crippen LogP contribution in [0.3, 0.4) is 0 Å². The maximum absolute atomic E-state index is 11.0. The Morgan fingerprint density at radius 2 is 1.83 bits per heavy atom. The summed E-state index contributed by atoms with van der Waals surface area (Å²) in [5, 5.41) is 18.0. The van der Waals surface area contributed by atoms with Gasteiger partial charge in [-0.05, 0) is 25.1 Å². The summed E-state index contributed by atoms with van der Waals surface area (Å²) >= 11 is 0. The molecule has 0 aliphatic carbocycles. The smallest absolute Gasteiger partial charge is 0.292 e. The van der Waals surface area contributed by atoms with Crippen LogP contribution in [-0.2, 0) is 0 Å². The fourth-order valence-corrected chi connectivity index (χ4v) is 2.16. The molecule has 1 heterocycles. The molecule has 3 aromatic rings. The lowest BCUT2D eigenvalue weighted by molar-refractivity contribution is -0.384. The topological polar surface area (TPSA) is 94.1 Å². The highest BCUT2D eigenvalue weighted by Gasteiger charge is 2.19. The molecule has 1 aromatic heterocycles. The minimum Gasteiger partial charge on any atom is -0.370 e. The third-order valence-corrected chi connectivity index (χ3v) is 3.32. The average molecular weight is 310 g/mol. The Morgan fingerprint density at radius 3 is 2.57 bits per heavy atom. The van der Waals surface area contributed by atoms with Crippen molar-refractivity contribution in [2.45, 2.75) is 13.0 Å². The van der Waals surface area contributed by atoms with Crippen molar-refractivity contribution >= 4 is 11.4 Å². The standard InChI is InChI=1S/C16H14N4O3/c1-11(17-13-9-5-6-10-14(13)20(21)22)15-18-16(23-19-15)12-7-3-2-4-8-12/h2-11,17H,1H3. The SMILES string of the molecule is CC(Nc1ccccc1[N+](=O)[O-])c1noc(-c2ccccc2)n1. The number of rotatable bonds is 5. The molecule has 3 rings (SSSR count). The highest BCUT2D eigenvalue weighted by atomic mass is 16.6. The lowest BCUT2D eigenvalue weighted by Crippen LogP contribution is -2.09. The summed E-state index contributed by atoms with van der Waals surface area (Å²) in [5.41, 5.74) is 1.24. The molecule has 1 unspecified atom stereocenters. The van der Waals surface area contributed by atoms with Crippen molar-refractivity contribution in [2.75, 3.05) is 5.32 Å². The number of hydrogen-bond donors (Lipinski definition) is 1. The molecule has 0 aliphatic heterocycles. The Morgan fingerprint density at radius 1 is 1.13 bits per heavy atom. The summed E-state index contributed by atoms with van der Waals surface area (Å²) < 4.78 is 5.25. The van der Waals surface area contributed by atoms with Gasteiger partial charge in [0.25, 0.3) is 11.6 Å². The van der Waals surface area contributed by atoms with E-state index in [1.54, 1.807) is 18.2 Å². The third kappa shape index (κ3) is 3.18. The van der Waals surface area contributed by atoms with Crippen LogP contribution < -0.4 is 5.32 Å². The number of nitrogens with one attached hydrogen (secondary N) is 1. The molecule has 0 spiro atoms. The van der Waals surface area contributed by atoms with Crippen LogP contribution in [0.4, 0.5) is 11.4 Å². The number of benzene rings is 2. The predicted molar refractivity (Wildman–Crippen MR) is 84.9 cm³/mol. The van der Waals surface area contributed by atoms with Crippen molar-refractivity contribution in [3.8, 4) is 11.5 Å². The van der Waals surface area contributed by atoms with Gasteiger partial charge in [0.2, 0.25) is 0 Å². The van der Waals surface area contributed by atoms with E-state index >= 15 is 0 Å². The van der Waals surface area contributed by atoms with Gasteiger partial charge in [0.15, 0.2) is 5.82 Å². The summed E-state index contributed by atoms with van der Waals surface area (Å²) in [7, 11) is 0. The minimum atomic E-state index is -0.430. The Hall–Kier alpha value is -3.22. The van der Waals surface area contributed by atoms with Crippen molar-refractivity contribution < 1.29 is 9.45 Å². The summed E-state index contributed by atoms with van der Waals surface area (Å²) in [6.07, 6.45) is 0. The molecule has 116 valence electrons. The molecule has 0 amide bonds. The predicted octanol–water partition coefficient (Wildman–Crippen LogP) is 3.82. The lowest BCUT2D eigenvalue weighted by Gasteiger charge is -2.11. The van der Waals surface area contributed by atoms with Gasteiger partial charge in [-0.1, -0.05) is 35.5 Å². The van der Waals surface area contributed by atoms with Crippen molar-refractivity contribution in [3.63, 3.8) is 0 Å². The molecule has 0 saturated heterocycles. The van der Waals surface area contributed by atoms with Gasteiger partial charge < -0.3 is 9.84 Å². The second-order valence-corrected chi connectivity index (χ2v) is 4.96. The molecular formula is C16H14N4O3. The van der Waals surface area contributed by atoms with Gasteiger partial charge in [-0.2, -0.15) is 4.98 Å². The average Bonchev–Trinajstić information content (AvgIpc) is 3.06. The van der Waals surface area contributed by atoms with Crippen molar-refractivity contribution in [1.82, 2.24) is 10.1 Å². The fraction of sp³-hybridized carbons (Fsp3) is 0.125. The van der Waals surface area contributed by atoms with E-state index in [9.17, 15) is 10.1 Å². The van der Waals surface area contributed by atoms with Crippen LogP contribution in [0.25, 0.3) is 11.5 Å². The zero-order chi connectivity index (χ0) is 16.2. The highest BCUT2D eigenvalue weighted by molar-refractivity contribution is 5.61. The summed E-state index contributed by atoms with van der Waals surface area (Å²) in [6.45, 7) is 1.82. The number of nitro benzene ring substituents is 1. The summed E-state index contributed by atoms with van der Waals surface area (Å²) in [6, 6.07) is 15.5. The fourth-order valence-electron chi connectivity index (χ4n) is 2.16. The van der Waals surface area contributed by atoms with Gasteiger partial charge in [-0.3, -0.25) is 10.1 Å². The molecule has 0 saturated carbocycles. The van der Waals surface area contributed by atoms with Crippen LogP contribution >= 0.6 is 0 Å². The largest absolute Gasteiger partial charge is 0.370 e. The van der Waals surface area contributed by atoms with E-state index in [-0.39, 0.29) is 11.7 Å². The molecule has 0 bridgehead atoms. The minimum absolute atomic E-state index is 0.00567. The van der Waals surface area contributed by atoms with E-state index in [0.717, 1.165) is 5.56 Å². The number of para-hydroxylation sites is 2. The van der Waals surface area contributed by atoms with Gasteiger partial charge in [0.1, 0.15) is 5.69 Å². The van der Waals surface area contributed by atoms with Gasteiger partial charge in [0, 0.05) is 11.6 Å². The first-order valence-corrected chi connectivity index (χ1v) is 7.04. The van der Waals surface area contributed by atoms with E-state index < -0.39 is 4.92 Å². The Balaban J connectivity index is 1.81. The van der Waals surface area contributed by atoms with E-state index in [1.807, 2.05) is 37.3 Å².